The second-order valence-electron chi connectivity index (χ2n) is 10.4. The van der Waals surface area contributed by atoms with Crippen LogP contribution in [0.1, 0.15) is 85.0 Å². The average molecular weight is 697 g/mol. The molecule has 0 amide bonds. The third kappa shape index (κ3) is 16.2. The number of carboxylic acid groups (broad SMARTS) is 1. The minimum Gasteiger partial charge on any atom is -0.370 e. The van der Waals surface area contributed by atoms with Crippen LogP contribution in [0.5, 0.6) is 0 Å². The van der Waals surface area contributed by atoms with Gasteiger partial charge in [-0.2, -0.15) is 0 Å². The molecule has 3 aromatic rings. The van der Waals surface area contributed by atoms with Crippen molar-refractivity contribution in [2.45, 2.75) is 85.0 Å². The quantitative estimate of drug-likeness (QED) is 0.0836. The van der Waals surface area contributed by atoms with Gasteiger partial charge in [-0.05, 0) is 6.42 Å². The van der Waals surface area contributed by atoms with E-state index in [1.165, 1.54) is 64.7 Å². The Balaban J connectivity index is 0.000000405. The van der Waals surface area contributed by atoms with Gasteiger partial charge in [0.2, 0.25) is 0 Å². The summed E-state index contributed by atoms with van der Waals surface area (Å²) in [5.41, 5.74) is 10.5. The maximum Gasteiger partial charge on any atom is 0.185 e. The van der Waals surface area contributed by atoms with Gasteiger partial charge >= 0.3 is 141 Å². The fourth-order valence-electron chi connectivity index (χ4n) is 4.72. The molecule has 0 aromatic heterocycles. The molecule has 0 unspecified atom stereocenters. The molecule has 0 aliphatic heterocycles. The van der Waals surface area contributed by atoms with Crippen LogP contribution in [0.15, 0.2) is 96.0 Å². The van der Waals surface area contributed by atoms with Gasteiger partial charge in [0, 0.05) is 13.5 Å². The molecule has 0 saturated heterocycles. The van der Waals surface area contributed by atoms with E-state index in [2.05, 4.69) is 48.3 Å². The fraction of sp³-hybridized carbons (Fsp3) is 0.400. The van der Waals surface area contributed by atoms with Gasteiger partial charge in [-0.15, -0.1) is 0 Å². The van der Waals surface area contributed by atoms with Gasteiger partial charge in [0.15, 0.2) is 5.96 Å². The Labute approximate surface area is 263 Å². The molecule has 43 heavy (non-hydrogen) atoms. The van der Waals surface area contributed by atoms with Crippen molar-refractivity contribution in [1.82, 2.24) is 0 Å². The van der Waals surface area contributed by atoms with Crippen LogP contribution in [0.25, 0.3) is 0 Å². The summed E-state index contributed by atoms with van der Waals surface area (Å²) >= 11 is -3.80. The standard InChI is InChI=1S/C13H29N3.3C6H5.2C2H4O2.Sn/c1-2-3-4-5-6-7-8-9-10-11-12-16-13(14)15;3*1-2-4-6-5-3-1;2*1-2(3)4;/h2-12H2,1H3,(H4,14,15,16);3*1-5H;2*1H3,(H,3,4);/q;;;;;;+1/p-1. The van der Waals surface area contributed by atoms with Gasteiger partial charge in [0.1, 0.15) is 0 Å². The van der Waals surface area contributed by atoms with E-state index in [0.29, 0.717) is 0 Å². The van der Waals surface area contributed by atoms with Crippen LogP contribution in [0.4, 0.5) is 0 Å². The first-order valence-electron chi connectivity index (χ1n) is 15.3. The maximum atomic E-state index is 12.0. The zero-order valence-electron chi connectivity index (χ0n) is 26.2. The number of guanidine groups is 1. The van der Waals surface area contributed by atoms with Crippen molar-refractivity contribution in [3.8, 4) is 0 Å². The first-order valence-corrected chi connectivity index (χ1v) is 20.8. The second kappa shape index (κ2) is 23.2. The third-order valence-corrected chi connectivity index (χ3v) is 18.2. The molecule has 0 atom stereocenters. The van der Waals surface area contributed by atoms with Gasteiger partial charge in [-0.25, -0.2) is 0 Å². The zero-order valence-corrected chi connectivity index (χ0v) is 29.1. The van der Waals surface area contributed by atoms with Crippen LogP contribution in [0.3, 0.4) is 0 Å². The number of carboxylic acids is 1. The number of aliphatic imine (C=N–C) groups is 1. The summed E-state index contributed by atoms with van der Waals surface area (Å²) in [5.74, 6) is -0.840. The van der Waals surface area contributed by atoms with E-state index in [1.54, 1.807) is 0 Å². The van der Waals surface area contributed by atoms with E-state index in [4.69, 9.17) is 24.4 Å². The first kappa shape index (κ1) is 37.7. The summed E-state index contributed by atoms with van der Waals surface area (Å²) < 4.78 is 9.57. The van der Waals surface area contributed by atoms with Gasteiger partial charge in [-0.3, -0.25) is 9.79 Å². The van der Waals surface area contributed by atoms with E-state index >= 15 is 0 Å². The van der Waals surface area contributed by atoms with Crippen LogP contribution in [-0.2, 0) is 12.7 Å². The number of hydrogen-bond donors (Lipinski definition) is 3. The molecule has 0 heterocycles. The minimum atomic E-state index is -3.80. The smallest absolute Gasteiger partial charge is 0.185 e. The molecule has 0 spiro atoms. The van der Waals surface area contributed by atoms with Gasteiger partial charge < -0.3 is 16.6 Å². The molecule has 0 fully saturated rings. The van der Waals surface area contributed by atoms with Gasteiger partial charge in [-0.1, -0.05) is 64.7 Å². The monoisotopic (exact) mass is 697 g/mol. The predicted molar refractivity (Wildman–Crippen MR) is 182 cm³/mol. The molecular weight excluding hydrogens is 645 g/mol. The summed E-state index contributed by atoms with van der Waals surface area (Å²) in [6, 6.07) is 30.5. The van der Waals surface area contributed by atoms with E-state index in [9.17, 15) is 4.79 Å². The van der Waals surface area contributed by atoms with Crippen LogP contribution in [-0.4, -0.2) is 48.3 Å². The number of hydrogen-bond acceptors (Lipinski definition) is 4. The van der Waals surface area contributed by atoms with Crippen LogP contribution >= 0.6 is 0 Å². The Hall–Kier alpha value is -3.33. The summed E-state index contributed by atoms with van der Waals surface area (Å²) in [7, 11) is 0. The summed E-state index contributed by atoms with van der Waals surface area (Å²) in [5, 5.41) is 7.42. The third-order valence-electron chi connectivity index (χ3n) is 6.64. The van der Waals surface area contributed by atoms with Crippen molar-refractivity contribution in [2.24, 2.45) is 16.5 Å². The summed E-state index contributed by atoms with van der Waals surface area (Å²) in [4.78, 5) is 25.0. The molecule has 8 heteroatoms. The Morgan fingerprint density at radius 3 is 1.28 bits per heavy atom. The molecule has 0 saturated carbocycles. The van der Waals surface area contributed by atoms with Crippen molar-refractivity contribution in [2.75, 3.05) is 6.54 Å². The summed E-state index contributed by atoms with van der Waals surface area (Å²) in [6.45, 7) is 5.63. The second-order valence-corrected chi connectivity index (χ2v) is 19.8. The van der Waals surface area contributed by atoms with E-state index in [1.807, 2.05) is 54.6 Å². The molecule has 234 valence electrons. The first-order chi connectivity index (χ1) is 20.7. The molecule has 7 nitrogen and oxygen atoms in total. The Morgan fingerprint density at radius 1 is 0.651 bits per heavy atom. The van der Waals surface area contributed by atoms with Crippen molar-refractivity contribution in [1.29, 1.82) is 0 Å². The van der Waals surface area contributed by atoms with Gasteiger partial charge in [0.25, 0.3) is 5.97 Å². The van der Waals surface area contributed by atoms with E-state index < -0.39 is 24.8 Å². The number of aliphatic carboxylic acids is 1. The fourth-order valence-corrected chi connectivity index (χ4v) is 15.5. The maximum absolute atomic E-state index is 12.0. The van der Waals surface area contributed by atoms with E-state index in [0.717, 1.165) is 30.6 Å². The molecule has 3 rings (SSSR count). The molecule has 0 radical (unpaired) electrons. The topological polar surface area (TPSA) is 128 Å². The average Bonchev–Trinajstić information content (AvgIpc) is 3.00. The van der Waals surface area contributed by atoms with Crippen LogP contribution < -0.4 is 22.2 Å². The largest absolute Gasteiger partial charge is 0.370 e. The molecular formula is C35H51N3O4Sn. The van der Waals surface area contributed by atoms with Crippen molar-refractivity contribution >= 4 is 47.4 Å². The molecule has 0 bridgehead atoms. The predicted octanol–water partition coefficient (Wildman–Crippen LogP) is 5.49. The number of nitrogens with two attached hydrogens (primary N) is 2. The van der Waals surface area contributed by atoms with Gasteiger partial charge in [0.05, 0.1) is 0 Å². The number of carbonyl (C=O) groups is 2. The number of rotatable bonds is 15. The number of nitrogens with zero attached hydrogens (tertiary/aromatic N) is 1. The number of unbranched alkanes of at least 4 members (excludes halogenated alkanes) is 9. The van der Waals surface area contributed by atoms with Crippen LogP contribution in [0.2, 0.25) is 0 Å². The number of benzene rings is 3. The molecule has 5 N–H and O–H groups in total. The van der Waals surface area contributed by atoms with Crippen molar-refractivity contribution in [3.05, 3.63) is 91.0 Å². The van der Waals surface area contributed by atoms with Crippen molar-refractivity contribution in [3.63, 3.8) is 0 Å². The Morgan fingerprint density at radius 2 is 0.977 bits per heavy atom. The molecule has 0 aliphatic carbocycles. The van der Waals surface area contributed by atoms with Crippen LogP contribution in [0, 0.1) is 0 Å². The normalized spacial score (nSPS) is 10.3. The van der Waals surface area contributed by atoms with Crippen molar-refractivity contribution < 1.29 is 17.8 Å². The number of carbonyl (C=O) groups excluding carboxylic acids is 1. The molecule has 0 aliphatic rings. The SMILES string of the molecule is CC(=O)O.CC(=O)[O][Sn]([c]1ccccc1)([c]1ccccc1)[c]1ccccc1.CCCCCCCCCCCCN=C(N)N. The Kier molecular flexibility index (Phi) is 20.3. The minimum absolute atomic E-state index is 0.218. The molecule has 3 aromatic carbocycles. The Bertz CT molecular complexity index is 1070. The van der Waals surface area contributed by atoms with E-state index in [-0.39, 0.29) is 11.9 Å². The summed E-state index contributed by atoms with van der Waals surface area (Å²) in [6.07, 6.45) is 13.5. The zero-order chi connectivity index (χ0) is 31.8.